The lowest BCUT2D eigenvalue weighted by Gasteiger charge is -2.05. The summed E-state index contributed by atoms with van der Waals surface area (Å²) < 4.78 is 0.933. The van der Waals surface area contributed by atoms with E-state index in [0.717, 1.165) is 10.2 Å². The maximum Gasteiger partial charge on any atom is 0.163 e. The van der Waals surface area contributed by atoms with Crippen molar-refractivity contribution in [2.24, 2.45) is 0 Å². The number of benzene rings is 2. The van der Waals surface area contributed by atoms with Gasteiger partial charge in [-0.25, -0.2) is 4.98 Å². The Bertz CT molecular complexity index is 940. The van der Waals surface area contributed by atoms with Crippen molar-refractivity contribution in [1.29, 1.82) is 5.26 Å². The summed E-state index contributed by atoms with van der Waals surface area (Å²) in [7, 11) is 0. The first-order valence-electron chi connectivity index (χ1n) is 7.65. The lowest BCUT2D eigenvalue weighted by Crippen LogP contribution is -2.12. The van der Waals surface area contributed by atoms with Gasteiger partial charge in [-0.1, -0.05) is 23.7 Å². The van der Waals surface area contributed by atoms with Crippen LogP contribution in [0.5, 0.6) is 0 Å². The number of nitrogens with zero attached hydrogens (tertiary/aromatic N) is 2. The van der Waals surface area contributed by atoms with Gasteiger partial charge in [-0.3, -0.25) is 9.59 Å². The molecular weight excluding hydrogens is 356 g/mol. The van der Waals surface area contributed by atoms with E-state index in [-0.39, 0.29) is 24.4 Å². The largest absolute Gasteiger partial charge is 0.298 e. The molecule has 3 aromatic rings. The second-order valence-corrected chi connectivity index (χ2v) is 6.98. The molecule has 0 spiro atoms. The number of halogens is 1. The Kier molecular flexibility index (Phi) is 5.22. The van der Waals surface area contributed by atoms with Crippen molar-refractivity contribution in [3.05, 3.63) is 64.1 Å². The van der Waals surface area contributed by atoms with Crippen molar-refractivity contribution in [2.75, 3.05) is 0 Å². The maximum atomic E-state index is 12.4. The first-order valence-corrected chi connectivity index (χ1v) is 8.84. The zero-order valence-electron chi connectivity index (χ0n) is 13.1. The predicted molar refractivity (Wildman–Crippen MR) is 98.0 cm³/mol. The zero-order valence-corrected chi connectivity index (χ0v) is 14.7. The normalized spacial score (nSPS) is 11.8. The molecule has 0 unspecified atom stereocenters. The van der Waals surface area contributed by atoms with Crippen LogP contribution in [0.15, 0.2) is 48.5 Å². The molecule has 3 rings (SSSR count). The second kappa shape index (κ2) is 7.56. The summed E-state index contributed by atoms with van der Waals surface area (Å²) in [5, 5.41) is 10.4. The van der Waals surface area contributed by atoms with Gasteiger partial charge in [0, 0.05) is 23.4 Å². The number of hydrogen-bond donors (Lipinski definition) is 0. The summed E-state index contributed by atoms with van der Waals surface area (Å²) in [6.45, 7) is 0. The molecule has 4 nitrogen and oxygen atoms in total. The Hall–Kier alpha value is -2.55. The van der Waals surface area contributed by atoms with Crippen LogP contribution >= 0.6 is 22.9 Å². The smallest absolute Gasteiger partial charge is 0.163 e. The highest BCUT2D eigenvalue weighted by Crippen LogP contribution is 2.28. The molecule has 6 heteroatoms. The van der Waals surface area contributed by atoms with Crippen LogP contribution in [-0.2, 0) is 4.79 Å². The van der Waals surface area contributed by atoms with Crippen LogP contribution in [0.1, 0.15) is 34.1 Å². The highest BCUT2D eigenvalue weighted by molar-refractivity contribution is 7.18. The number of aromatic nitrogens is 1. The summed E-state index contributed by atoms with van der Waals surface area (Å²) >= 11 is 7.13. The minimum Gasteiger partial charge on any atom is -0.298 e. The number of para-hydroxylation sites is 1. The number of rotatable bonds is 6. The molecular formula is C19H13ClN2O2S. The fourth-order valence-electron chi connectivity index (χ4n) is 2.44. The highest BCUT2D eigenvalue weighted by atomic mass is 35.5. The third kappa shape index (κ3) is 3.93. The molecule has 0 aliphatic rings. The van der Waals surface area contributed by atoms with Crippen LogP contribution in [0.3, 0.4) is 0 Å². The number of carbonyl (C=O) groups is 2. The average Bonchev–Trinajstić information content (AvgIpc) is 3.04. The van der Waals surface area contributed by atoms with Crippen LogP contribution in [0.4, 0.5) is 0 Å². The Labute approximate surface area is 153 Å². The molecule has 0 radical (unpaired) electrons. The van der Waals surface area contributed by atoms with Gasteiger partial charge in [0.15, 0.2) is 17.5 Å². The molecule has 0 saturated heterocycles. The van der Waals surface area contributed by atoms with Gasteiger partial charge in [0.1, 0.15) is 5.01 Å². The Morgan fingerprint density at radius 3 is 2.52 bits per heavy atom. The molecule has 0 fully saturated rings. The van der Waals surface area contributed by atoms with E-state index in [1.54, 1.807) is 24.3 Å². The molecule has 0 amide bonds. The predicted octanol–water partition coefficient (Wildman–Crippen LogP) is 4.79. The molecule has 0 aliphatic carbocycles. The molecule has 0 N–H and O–H groups in total. The number of nitriles is 1. The van der Waals surface area contributed by atoms with E-state index in [2.05, 4.69) is 4.98 Å². The molecule has 25 heavy (non-hydrogen) atoms. The Balaban J connectivity index is 1.69. The summed E-state index contributed by atoms with van der Waals surface area (Å²) in [5.74, 6) is -1.37. The van der Waals surface area contributed by atoms with E-state index in [1.807, 2.05) is 30.3 Å². The molecule has 2 aromatic carbocycles. The number of ketones is 2. The van der Waals surface area contributed by atoms with Gasteiger partial charge in [-0.05, 0) is 36.4 Å². The fraction of sp³-hybridized carbons (Fsp3) is 0.158. The van der Waals surface area contributed by atoms with Gasteiger partial charge in [0.2, 0.25) is 0 Å². The third-order valence-corrected chi connectivity index (χ3v) is 5.13. The number of Topliss-reactive ketones (excluding diaryl/α,β-unsaturated/α-hetero) is 2. The van der Waals surface area contributed by atoms with Crippen molar-refractivity contribution in [1.82, 2.24) is 4.98 Å². The molecule has 0 aliphatic heterocycles. The van der Waals surface area contributed by atoms with Crippen LogP contribution < -0.4 is 0 Å². The summed E-state index contributed by atoms with van der Waals surface area (Å²) in [5.41, 5.74) is 1.28. The van der Waals surface area contributed by atoms with E-state index in [1.165, 1.54) is 11.3 Å². The second-order valence-electron chi connectivity index (χ2n) is 5.48. The van der Waals surface area contributed by atoms with Crippen molar-refractivity contribution >= 4 is 44.7 Å². The van der Waals surface area contributed by atoms with E-state index in [0.29, 0.717) is 15.6 Å². The topological polar surface area (TPSA) is 70.8 Å². The van der Waals surface area contributed by atoms with Crippen LogP contribution in [0.2, 0.25) is 5.02 Å². The van der Waals surface area contributed by atoms with Crippen molar-refractivity contribution in [3.8, 4) is 6.07 Å². The fourth-order valence-corrected chi connectivity index (χ4v) is 3.60. The first kappa shape index (κ1) is 17.3. The monoisotopic (exact) mass is 368 g/mol. The van der Waals surface area contributed by atoms with Gasteiger partial charge in [0.05, 0.1) is 16.3 Å². The quantitative estimate of drug-likeness (QED) is 0.586. The van der Waals surface area contributed by atoms with Gasteiger partial charge in [-0.15, -0.1) is 11.3 Å². The summed E-state index contributed by atoms with van der Waals surface area (Å²) in [6.07, 6.45) is 0.0686. The standard InChI is InChI=1S/C19H13ClN2O2S/c20-13-7-5-12(6-8-13)16(23)9-10-17(24)14(11-21)19-22-15-3-1-2-4-18(15)25-19/h1-8,14H,9-10H2/t14-/m0/s1. The highest BCUT2D eigenvalue weighted by Gasteiger charge is 2.24. The van der Waals surface area contributed by atoms with Gasteiger partial charge in [-0.2, -0.15) is 5.26 Å². The number of hydrogen-bond acceptors (Lipinski definition) is 5. The van der Waals surface area contributed by atoms with E-state index in [9.17, 15) is 14.9 Å². The van der Waals surface area contributed by atoms with Crippen LogP contribution in [0.25, 0.3) is 10.2 Å². The summed E-state index contributed by atoms with van der Waals surface area (Å²) in [4.78, 5) is 28.9. The van der Waals surface area contributed by atoms with Crippen molar-refractivity contribution < 1.29 is 9.59 Å². The number of thiazole rings is 1. The van der Waals surface area contributed by atoms with Gasteiger partial charge < -0.3 is 0 Å². The molecule has 0 bridgehead atoms. The minimum atomic E-state index is -0.935. The Morgan fingerprint density at radius 2 is 1.84 bits per heavy atom. The van der Waals surface area contributed by atoms with E-state index >= 15 is 0 Å². The minimum absolute atomic E-state index is 0.00954. The third-order valence-electron chi connectivity index (χ3n) is 3.77. The first-order chi connectivity index (χ1) is 12.1. The van der Waals surface area contributed by atoms with E-state index < -0.39 is 5.92 Å². The van der Waals surface area contributed by atoms with Crippen LogP contribution in [-0.4, -0.2) is 16.6 Å². The molecule has 0 saturated carbocycles. The average molecular weight is 369 g/mol. The lowest BCUT2D eigenvalue weighted by atomic mass is 9.99. The Morgan fingerprint density at radius 1 is 1.12 bits per heavy atom. The lowest BCUT2D eigenvalue weighted by molar-refractivity contribution is -0.119. The molecule has 1 aromatic heterocycles. The van der Waals surface area contributed by atoms with Crippen LogP contribution in [0, 0.1) is 11.3 Å². The SMILES string of the molecule is N#C[C@@H](C(=O)CCC(=O)c1ccc(Cl)cc1)c1nc2ccccc2s1. The van der Waals surface area contributed by atoms with Crippen molar-refractivity contribution in [2.45, 2.75) is 18.8 Å². The van der Waals surface area contributed by atoms with Gasteiger partial charge in [0.25, 0.3) is 0 Å². The molecule has 1 atom stereocenters. The summed E-state index contributed by atoms with van der Waals surface area (Å²) in [6, 6.07) is 16.0. The van der Waals surface area contributed by atoms with Gasteiger partial charge >= 0.3 is 0 Å². The maximum absolute atomic E-state index is 12.4. The van der Waals surface area contributed by atoms with Crippen molar-refractivity contribution in [3.63, 3.8) is 0 Å². The molecule has 124 valence electrons. The number of carbonyl (C=O) groups excluding carboxylic acids is 2. The molecule has 1 heterocycles. The van der Waals surface area contributed by atoms with E-state index in [4.69, 9.17) is 11.6 Å². The zero-order chi connectivity index (χ0) is 17.8. The number of fused-ring (bicyclic) bond motifs is 1.